The van der Waals surface area contributed by atoms with Crippen molar-refractivity contribution < 1.29 is 32.2 Å². The van der Waals surface area contributed by atoms with Crippen molar-refractivity contribution in [2.75, 3.05) is 40.4 Å². The van der Waals surface area contributed by atoms with Gasteiger partial charge in [-0.15, -0.1) is 0 Å². The lowest BCUT2D eigenvalue weighted by Crippen LogP contribution is -2.41. The molecule has 0 unspecified atom stereocenters. The van der Waals surface area contributed by atoms with Crippen molar-refractivity contribution in [2.45, 2.75) is 23.8 Å². The highest BCUT2D eigenvalue weighted by atomic mass is 32.2. The van der Waals surface area contributed by atoms with Crippen molar-refractivity contribution in [3.8, 4) is 11.5 Å². The van der Waals surface area contributed by atoms with Crippen LogP contribution in [0.3, 0.4) is 0 Å². The number of benzene rings is 2. The fourth-order valence-electron chi connectivity index (χ4n) is 4.00. The maximum absolute atomic E-state index is 13.1. The Morgan fingerprint density at radius 3 is 2.29 bits per heavy atom. The summed E-state index contributed by atoms with van der Waals surface area (Å²) < 4.78 is 44.2. The molecule has 2 aliphatic rings. The lowest BCUT2D eigenvalue weighted by atomic mass is 9.98. The van der Waals surface area contributed by atoms with Crippen molar-refractivity contribution in [3.63, 3.8) is 0 Å². The fraction of sp³-hybridized carbons (Fsp3) is 0.417. The number of rotatable bonds is 6. The molecule has 2 aromatic rings. The van der Waals surface area contributed by atoms with Crippen LogP contribution in [0.5, 0.6) is 11.5 Å². The van der Waals surface area contributed by atoms with E-state index in [1.54, 1.807) is 44.4 Å². The number of nitrogens with zero attached hydrogens (tertiary/aromatic N) is 2. The molecule has 0 spiro atoms. The van der Waals surface area contributed by atoms with Gasteiger partial charge < -0.3 is 19.1 Å². The molecule has 0 aromatic heterocycles. The molecule has 0 aliphatic carbocycles. The van der Waals surface area contributed by atoms with Crippen molar-refractivity contribution in [2.24, 2.45) is 5.92 Å². The summed E-state index contributed by atoms with van der Waals surface area (Å²) in [5.74, 6) is -0.401. The quantitative estimate of drug-likeness (QED) is 0.575. The Kier molecular flexibility index (Phi) is 7.08. The summed E-state index contributed by atoms with van der Waals surface area (Å²) in [5.41, 5.74) is 0.591. The normalized spacial score (nSPS) is 17.6. The van der Waals surface area contributed by atoms with Gasteiger partial charge in [0.2, 0.25) is 16.1 Å². The molecule has 0 bridgehead atoms. The highest BCUT2D eigenvalue weighted by Gasteiger charge is 2.36. The predicted molar refractivity (Wildman–Crippen MR) is 123 cm³/mol. The van der Waals surface area contributed by atoms with Crippen molar-refractivity contribution in [1.29, 1.82) is 0 Å². The van der Waals surface area contributed by atoms with Crippen molar-refractivity contribution in [1.82, 2.24) is 9.21 Å². The first-order valence-electron chi connectivity index (χ1n) is 11.1. The van der Waals surface area contributed by atoms with Gasteiger partial charge in [0.15, 0.2) is 11.5 Å². The van der Waals surface area contributed by atoms with E-state index in [0.717, 1.165) is 0 Å². The number of likely N-dealkylation sites (N-methyl/N-ethyl adjacent to an activating group) is 1. The summed E-state index contributed by atoms with van der Waals surface area (Å²) in [7, 11) is -0.541. The number of sulfonamides is 1. The standard InChI is InChI=1S/C24H28N2O7S/c1-25(2)23(27)22(17-6-4-3-5-7-17)33-24(28)18-10-12-26(13-11-18)34(29,30)19-8-9-20-21(16-19)32-15-14-31-20/h3-9,16,18,22H,10-15H2,1-2H3/t22-/m1/s1. The Hall–Kier alpha value is -3.11. The van der Waals surface area contributed by atoms with E-state index in [9.17, 15) is 18.0 Å². The minimum atomic E-state index is -3.75. The van der Waals surface area contributed by atoms with Crippen LogP contribution < -0.4 is 9.47 Å². The van der Waals surface area contributed by atoms with E-state index >= 15 is 0 Å². The van der Waals surface area contributed by atoms with Gasteiger partial charge in [0.1, 0.15) is 13.2 Å². The molecule has 0 radical (unpaired) electrons. The minimum Gasteiger partial charge on any atom is -0.486 e. The third-order valence-corrected chi connectivity index (χ3v) is 7.83. The fourth-order valence-corrected chi connectivity index (χ4v) is 5.49. The van der Waals surface area contributed by atoms with Gasteiger partial charge in [-0.1, -0.05) is 30.3 Å². The average molecular weight is 489 g/mol. The number of amides is 1. The minimum absolute atomic E-state index is 0.124. The molecule has 2 aliphatic heterocycles. The molecule has 2 heterocycles. The molecule has 4 rings (SSSR count). The number of esters is 1. The van der Waals surface area contributed by atoms with Crippen LogP contribution in [0.25, 0.3) is 0 Å². The van der Waals surface area contributed by atoms with E-state index in [4.69, 9.17) is 14.2 Å². The topological polar surface area (TPSA) is 102 Å². The smallest absolute Gasteiger partial charge is 0.310 e. The second-order valence-electron chi connectivity index (χ2n) is 8.44. The number of carbonyl (C=O) groups is 2. The first-order valence-corrected chi connectivity index (χ1v) is 12.6. The molecule has 0 saturated carbocycles. The van der Waals surface area contributed by atoms with Gasteiger partial charge in [0.25, 0.3) is 5.91 Å². The maximum Gasteiger partial charge on any atom is 0.310 e. The summed E-state index contributed by atoms with van der Waals surface area (Å²) >= 11 is 0. The molecular weight excluding hydrogens is 460 g/mol. The van der Waals surface area contributed by atoms with E-state index in [1.165, 1.54) is 21.3 Å². The molecule has 1 amide bonds. The Morgan fingerprint density at radius 1 is 1.00 bits per heavy atom. The number of hydrogen-bond acceptors (Lipinski definition) is 7. The van der Waals surface area contributed by atoms with E-state index in [0.29, 0.717) is 43.1 Å². The van der Waals surface area contributed by atoms with Gasteiger partial charge in [-0.2, -0.15) is 4.31 Å². The molecule has 10 heteroatoms. The zero-order valence-corrected chi connectivity index (χ0v) is 20.0. The Balaban J connectivity index is 1.41. The first-order chi connectivity index (χ1) is 16.3. The summed E-state index contributed by atoms with van der Waals surface area (Å²) in [4.78, 5) is 27.1. The van der Waals surface area contributed by atoms with Gasteiger partial charge in [-0.05, 0) is 25.0 Å². The first kappa shape index (κ1) is 24.0. The number of carbonyl (C=O) groups excluding carboxylic acids is 2. The van der Waals surface area contributed by atoms with Crippen LogP contribution in [0, 0.1) is 5.92 Å². The lowest BCUT2D eigenvalue weighted by molar-refractivity contribution is -0.164. The molecule has 2 aromatic carbocycles. The van der Waals surface area contributed by atoms with E-state index in [1.807, 2.05) is 6.07 Å². The maximum atomic E-state index is 13.1. The van der Waals surface area contributed by atoms with Crippen LogP contribution in [0.15, 0.2) is 53.4 Å². The predicted octanol–water partition coefficient (Wildman–Crippen LogP) is 2.23. The number of fused-ring (bicyclic) bond motifs is 1. The Bertz CT molecular complexity index is 1140. The summed E-state index contributed by atoms with van der Waals surface area (Å²) in [6, 6.07) is 13.4. The van der Waals surface area contributed by atoms with Gasteiger partial charge >= 0.3 is 5.97 Å². The largest absolute Gasteiger partial charge is 0.486 e. The van der Waals surface area contributed by atoms with Crippen LogP contribution >= 0.6 is 0 Å². The number of hydrogen-bond donors (Lipinski definition) is 0. The zero-order chi connectivity index (χ0) is 24.3. The van der Waals surface area contributed by atoms with Crippen LogP contribution in [0.1, 0.15) is 24.5 Å². The molecule has 182 valence electrons. The van der Waals surface area contributed by atoms with Crippen molar-refractivity contribution >= 4 is 21.9 Å². The van der Waals surface area contributed by atoms with Gasteiger partial charge in [0, 0.05) is 38.8 Å². The highest BCUT2D eigenvalue weighted by molar-refractivity contribution is 7.89. The zero-order valence-electron chi connectivity index (χ0n) is 19.2. The second-order valence-corrected chi connectivity index (χ2v) is 10.4. The summed E-state index contributed by atoms with van der Waals surface area (Å²) in [6.45, 7) is 1.14. The molecule has 34 heavy (non-hydrogen) atoms. The summed E-state index contributed by atoms with van der Waals surface area (Å²) in [6.07, 6.45) is -0.427. The summed E-state index contributed by atoms with van der Waals surface area (Å²) in [5, 5.41) is 0. The second kappa shape index (κ2) is 10.0. The molecule has 1 saturated heterocycles. The van der Waals surface area contributed by atoms with Crippen LogP contribution in [0.2, 0.25) is 0 Å². The number of piperidine rings is 1. The van der Waals surface area contributed by atoms with E-state index in [2.05, 4.69) is 0 Å². The van der Waals surface area contributed by atoms with Crippen molar-refractivity contribution in [3.05, 3.63) is 54.1 Å². The highest BCUT2D eigenvalue weighted by Crippen LogP contribution is 2.34. The van der Waals surface area contributed by atoms with Crippen LogP contribution in [-0.4, -0.2) is 69.9 Å². The van der Waals surface area contributed by atoms with Gasteiger partial charge in [-0.25, -0.2) is 8.42 Å². The SMILES string of the molecule is CN(C)C(=O)[C@H](OC(=O)C1CCN(S(=O)(=O)c2ccc3c(c2)OCCO3)CC1)c1ccccc1. The monoisotopic (exact) mass is 488 g/mol. The number of ether oxygens (including phenoxy) is 3. The Morgan fingerprint density at radius 2 is 1.65 bits per heavy atom. The molecule has 9 nitrogen and oxygen atoms in total. The van der Waals surface area contributed by atoms with E-state index in [-0.39, 0.29) is 23.9 Å². The lowest BCUT2D eigenvalue weighted by Gasteiger charge is -2.31. The van der Waals surface area contributed by atoms with Gasteiger partial charge in [-0.3, -0.25) is 9.59 Å². The van der Waals surface area contributed by atoms with Crippen LogP contribution in [0.4, 0.5) is 0 Å². The average Bonchev–Trinajstić information content (AvgIpc) is 2.87. The third-order valence-electron chi connectivity index (χ3n) is 5.94. The van der Waals surface area contributed by atoms with Gasteiger partial charge in [0.05, 0.1) is 10.8 Å². The molecular formula is C24H28N2O7S. The molecule has 1 fully saturated rings. The van der Waals surface area contributed by atoms with E-state index < -0.39 is 28.0 Å². The van der Waals surface area contributed by atoms with Crippen LogP contribution in [-0.2, 0) is 24.3 Å². The molecule has 1 atom stereocenters. The third kappa shape index (κ3) is 5.02. The Labute approximate surface area is 199 Å². The molecule has 0 N–H and O–H groups in total.